The number of amides is 1. The van der Waals surface area contributed by atoms with Crippen LogP contribution < -0.4 is 10.2 Å². The summed E-state index contributed by atoms with van der Waals surface area (Å²) in [5.74, 6) is -0.0255. The van der Waals surface area contributed by atoms with Crippen molar-refractivity contribution < 1.29 is 19.1 Å². The minimum absolute atomic E-state index is 0.333. The van der Waals surface area contributed by atoms with Gasteiger partial charge < -0.3 is 14.0 Å². The molecule has 0 unspecified atom stereocenters. The van der Waals surface area contributed by atoms with Crippen LogP contribution in [0.4, 0.5) is 0 Å². The molecule has 2 aromatic heterocycles. The fraction of sp³-hybridized carbons (Fsp3) is 0.192. The Bertz CT molecular complexity index is 1440. The van der Waals surface area contributed by atoms with Gasteiger partial charge in [0.25, 0.3) is 5.91 Å². The standard InChI is InChI=1S/C26H24ClN3O4S/c1-5-34-26(32)17-6-8-19(9-7-17)30-15(2)12-18(16(30)3)14-28-29-25(31)24-23(27)21-11-10-20(33-4)13-22(21)35-24/h6-14H,5H2,1-4H3,(H,29,31)/b28-14+. The summed E-state index contributed by atoms with van der Waals surface area (Å²) in [6.07, 6.45) is 1.61. The third-order valence-electron chi connectivity index (χ3n) is 5.52. The minimum Gasteiger partial charge on any atom is -0.497 e. The number of hydrogen-bond donors (Lipinski definition) is 1. The quantitative estimate of drug-likeness (QED) is 0.191. The van der Waals surface area contributed by atoms with Gasteiger partial charge in [-0.3, -0.25) is 4.79 Å². The van der Waals surface area contributed by atoms with Crippen molar-refractivity contribution in [2.45, 2.75) is 20.8 Å². The number of methoxy groups -OCH3 is 1. The SMILES string of the molecule is CCOC(=O)c1ccc(-n2c(C)cc(/C=N/NC(=O)c3sc4cc(OC)ccc4c3Cl)c2C)cc1. The van der Waals surface area contributed by atoms with Crippen molar-refractivity contribution in [1.29, 1.82) is 0 Å². The van der Waals surface area contributed by atoms with E-state index in [0.29, 0.717) is 27.8 Å². The van der Waals surface area contributed by atoms with Gasteiger partial charge in [-0.15, -0.1) is 11.3 Å². The van der Waals surface area contributed by atoms with Crippen LogP contribution in [-0.4, -0.2) is 36.4 Å². The van der Waals surface area contributed by atoms with Gasteiger partial charge in [-0.05, 0) is 69.3 Å². The van der Waals surface area contributed by atoms with Gasteiger partial charge in [0.1, 0.15) is 10.6 Å². The number of esters is 1. The molecule has 0 atom stereocenters. The van der Waals surface area contributed by atoms with Crippen molar-refractivity contribution in [2.24, 2.45) is 5.10 Å². The number of thiophene rings is 1. The first kappa shape index (κ1) is 24.5. The number of nitrogens with one attached hydrogen (secondary N) is 1. The fourth-order valence-electron chi connectivity index (χ4n) is 3.81. The molecule has 0 fully saturated rings. The summed E-state index contributed by atoms with van der Waals surface area (Å²) in [4.78, 5) is 25.0. The van der Waals surface area contributed by atoms with Gasteiger partial charge in [0.15, 0.2) is 0 Å². The van der Waals surface area contributed by atoms with Crippen LogP contribution in [0.5, 0.6) is 5.75 Å². The van der Waals surface area contributed by atoms with Crippen LogP contribution in [0.1, 0.15) is 43.9 Å². The molecule has 2 aromatic carbocycles. The Kier molecular flexibility index (Phi) is 7.23. The lowest BCUT2D eigenvalue weighted by Gasteiger charge is -2.10. The molecule has 0 radical (unpaired) electrons. The van der Waals surface area contributed by atoms with Gasteiger partial charge in [-0.1, -0.05) is 11.6 Å². The van der Waals surface area contributed by atoms with Crippen molar-refractivity contribution in [3.05, 3.63) is 80.9 Å². The highest BCUT2D eigenvalue weighted by atomic mass is 35.5. The number of fused-ring (bicyclic) bond motifs is 1. The Morgan fingerprint density at radius 3 is 2.57 bits per heavy atom. The van der Waals surface area contributed by atoms with E-state index < -0.39 is 0 Å². The molecule has 0 aliphatic carbocycles. The first-order chi connectivity index (χ1) is 16.8. The Labute approximate surface area is 211 Å². The summed E-state index contributed by atoms with van der Waals surface area (Å²) in [5, 5.41) is 5.34. The van der Waals surface area contributed by atoms with E-state index in [1.165, 1.54) is 11.3 Å². The van der Waals surface area contributed by atoms with E-state index in [0.717, 1.165) is 32.7 Å². The summed E-state index contributed by atoms with van der Waals surface area (Å²) in [6.45, 7) is 6.05. The lowest BCUT2D eigenvalue weighted by Crippen LogP contribution is -2.16. The number of hydrazone groups is 1. The molecular formula is C26H24ClN3O4S. The van der Waals surface area contributed by atoms with E-state index in [-0.39, 0.29) is 11.9 Å². The zero-order valence-corrected chi connectivity index (χ0v) is 21.3. The number of aryl methyl sites for hydroxylation is 1. The maximum atomic E-state index is 12.7. The second-order valence-corrected chi connectivity index (χ2v) is 9.17. The average Bonchev–Trinajstić information content (AvgIpc) is 3.34. The van der Waals surface area contributed by atoms with Crippen molar-refractivity contribution >= 4 is 51.1 Å². The van der Waals surface area contributed by atoms with Crippen LogP contribution in [0.3, 0.4) is 0 Å². The number of benzene rings is 2. The van der Waals surface area contributed by atoms with Crippen LogP contribution in [0.2, 0.25) is 5.02 Å². The van der Waals surface area contributed by atoms with Crippen LogP contribution in [0.15, 0.2) is 53.6 Å². The van der Waals surface area contributed by atoms with Crippen LogP contribution in [0.25, 0.3) is 15.8 Å². The highest BCUT2D eigenvalue weighted by Crippen LogP contribution is 2.37. The third kappa shape index (κ3) is 4.94. The number of ether oxygens (including phenoxy) is 2. The number of rotatable bonds is 7. The molecule has 2 heterocycles. The Morgan fingerprint density at radius 2 is 1.89 bits per heavy atom. The van der Waals surface area contributed by atoms with E-state index in [2.05, 4.69) is 10.5 Å². The number of carbonyl (C=O) groups excluding carboxylic acids is 2. The molecule has 0 aliphatic heterocycles. The predicted molar refractivity (Wildman–Crippen MR) is 140 cm³/mol. The van der Waals surface area contributed by atoms with E-state index in [1.54, 1.807) is 38.4 Å². The summed E-state index contributed by atoms with van der Waals surface area (Å²) in [6, 6.07) is 14.7. The maximum absolute atomic E-state index is 12.7. The molecule has 0 saturated heterocycles. The second kappa shape index (κ2) is 10.3. The molecule has 1 amide bonds. The van der Waals surface area contributed by atoms with Crippen molar-refractivity contribution in [1.82, 2.24) is 9.99 Å². The molecule has 0 bridgehead atoms. The first-order valence-corrected chi connectivity index (χ1v) is 12.1. The number of carbonyl (C=O) groups is 2. The molecule has 180 valence electrons. The number of halogens is 1. The molecule has 0 saturated carbocycles. The zero-order chi connectivity index (χ0) is 25.1. The summed E-state index contributed by atoms with van der Waals surface area (Å²) in [5.41, 5.74) is 6.76. The van der Waals surface area contributed by atoms with E-state index in [4.69, 9.17) is 21.1 Å². The highest BCUT2D eigenvalue weighted by molar-refractivity contribution is 7.21. The lowest BCUT2D eigenvalue weighted by atomic mass is 10.2. The monoisotopic (exact) mass is 509 g/mol. The molecule has 9 heteroatoms. The molecule has 0 spiro atoms. The normalized spacial score (nSPS) is 11.2. The van der Waals surface area contributed by atoms with E-state index >= 15 is 0 Å². The van der Waals surface area contributed by atoms with Gasteiger partial charge in [0, 0.05) is 32.7 Å². The van der Waals surface area contributed by atoms with Gasteiger partial charge in [-0.25, -0.2) is 10.2 Å². The first-order valence-electron chi connectivity index (χ1n) is 10.9. The Balaban J connectivity index is 1.51. The van der Waals surface area contributed by atoms with Crippen LogP contribution in [-0.2, 0) is 4.74 Å². The van der Waals surface area contributed by atoms with Crippen molar-refractivity contribution in [2.75, 3.05) is 13.7 Å². The fourth-order valence-corrected chi connectivity index (χ4v) is 5.24. The van der Waals surface area contributed by atoms with E-state index in [1.807, 2.05) is 48.7 Å². The highest BCUT2D eigenvalue weighted by Gasteiger charge is 2.17. The van der Waals surface area contributed by atoms with Crippen LogP contribution >= 0.6 is 22.9 Å². The molecule has 1 N–H and O–H groups in total. The maximum Gasteiger partial charge on any atom is 0.338 e. The number of aromatic nitrogens is 1. The number of hydrogen-bond acceptors (Lipinski definition) is 6. The predicted octanol–water partition coefficient (Wildman–Crippen LogP) is 5.91. The average molecular weight is 510 g/mol. The van der Waals surface area contributed by atoms with Gasteiger partial charge in [-0.2, -0.15) is 5.10 Å². The van der Waals surface area contributed by atoms with E-state index in [9.17, 15) is 9.59 Å². The molecular weight excluding hydrogens is 486 g/mol. The number of nitrogens with zero attached hydrogens (tertiary/aromatic N) is 2. The Morgan fingerprint density at radius 1 is 1.14 bits per heavy atom. The van der Waals surface area contributed by atoms with Crippen molar-refractivity contribution in [3.63, 3.8) is 0 Å². The zero-order valence-electron chi connectivity index (χ0n) is 19.7. The molecule has 7 nitrogen and oxygen atoms in total. The largest absolute Gasteiger partial charge is 0.497 e. The Hall–Kier alpha value is -3.62. The molecule has 4 rings (SSSR count). The summed E-state index contributed by atoms with van der Waals surface area (Å²) < 4.78 is 13.2. The molecule has 4 aromatic rings. The molecule has 35 heavy (non-hydrogen) atoms. The topological polar surface area (TPSA) is 81.9 Å². The second-order valence-electron chi connectivity index (χ2n) is 7.74. The van der Waals surface area contributed by atoms with Gasteiger partial charge in [0.2, 0.25) is 0 Å². The van der Waals surface area contributed by atoms with Gasteiger partial charge in [0.05, 0.1) is 30.5 Å². The lowest BCUT2D eigenvalue weighted by molar-refractivity contribution is 0.0526. The van der Waals surface area contributed by atoms with Gasteiger partial charge >= 0.3 is 5.97 Å². The van der Waals surface area contributed by atoms with Crippen LogP contribution in [0, 0.1) is 13.8 Å². The smallest absolute Gasteiger partial charge is 0.338 e. The summed E-state index contributed by atoms with van der Waals surface area (Å²) in [7, 11) is 1.59. The third-order valence-corrected chi connectivity index (χ3v) is 7.18. The minimum atomic E-state index is -0.380. The molecule has 0 aliphatic rings. The van der Waals surface area contributed by atoms with Crippen molar-refractivity contribution in [3.8, 4) is 11.4 Å². The summed E-state index contributed by atoms with van der Waals surface area (Å²) >= 11 is 7.72.